The third-order valence-corrected chi connectivity index (χ3v) is 2.41. The summed E-state index contributed by atoms with van der Waals surface area (Å²) < 4.78 is 18.0. The molecule has 0 aromatic heterocycles. The van der Waals surface area contributed by atoms with E-state index in [1.807, 2.05) is 13.8 Å². The highest BCUT2D eigenvalue weighted by molar-refractivity contribution is 6.25. The highest BCUT2D eigenvalue weighted by Gasteiger charge is 2.65. The second-order valence-electron chi connectivity index (χ2n) is 2.57. The minimum atomic E-state index is -1.56. The van der Waals surface area contributed by atoms with Gasteiger partial charge in [-0.25, -0.2) is 4.39 Å². The van der Waals surface area contributed by atoms with Crippen molar-refractivity contribution in [1.82, 2.24) is 0 Å². The number of ether oxygens (including phenoxy) is 1. The van der Waals surface area contributed by atoms with Crippen molar-refractivity contribution in [1.29, 1.82) is 0 Å². The van der Waals surface area contributed by atoms with Crippen molar-refractivity contribution in [3.05, 3.63) is 0 Å². The highest BCUT2D eigenvalue weighted by Crippen LogP contribution is 2.54. The molecule has 1 aliphatic carbocycles. The third-order valence-electron chi connectivity index (χ3n) is 1.92. The van der Waals surface area contributed by atoms with E-state index in [2.05, 4.69) is 0 Å². The van der Waals surface area contributed by atoms with E-state index in [0.29, 0.717) is 6.61 Å². The van der Waals surface area contributed by atoms with Crippen LogP contribution in [0.4, 0.5) is 4.39 Å². The van der Waals surface area contributed by atoms with Gasteiger partial charge in [-0.3, -0.25) is 0 Å². The van der Waals surface area contributed by atoms with Gasteiger partial charge in [0.15, 0.2) is 0 Å². The molecule has 0 saturated heterocycles. The zero-order valence-corrected chi connectivity index (χ0v) is 6.99. The lowest BCUT2D eigenvalue weighted by Crippen LogP contribution is -2.01. The van der Waals surface area contributed by atoms with E-state index in [4.69, 9.17) is 16.3 Å². The molecule has 0 amide bonds. The van der Waals surface area contributed by atoms with Gasteiger partial charge in [-0.1, -0.05) is 18.5 Å². The molecule has 1 rings (SSSR count). The molecular formula is C7H12ClFO. The summed E-state index contributed by atoms with van der Waals surface area (Å²) >= 11 is 5.46. The molecule has 0 heterocycles. The van der Waals surface area contributed by atoms with Crippen LogP contribution in [0.5, 0.6) is 0 Å². The van der Waals surface area contributed by atoms with Gasteiger partial charge in [-0.2, -0.15) is 0 Å². The number of rotatable bonds is 3. The van der Waals surface area contributed by atoms with Crippen LogP contribution in [0.25, 0.3) is 0 Å². The van der Waals surface area contributed by atoms with Crippen molar-refractivity contribution >= 4 is 11.6 Å². The van der Waals surface area contributed by atoms with Gasteiger partial charge in [0.25, 0.3) is 0 Å². The summed E-state index contributed by atoms with van der Waals surface area (Å²) in [6.45, 7) is 4.30. The summed E-state index contributed by atoms with van der Waals surface area (Å²) in [5.74, 6) is -0.0888. The predicted octanol–water partition coefficient (Wildman–Crippen LogP) is 2.34. The summed E-state index contributed by atoms with van der Waals surface area (Å²) in [6, 6.07) is 0. The van der Waals surface area contributed by atoms with Gasteiger partial charge in [0, 0.05) is 12.5 Å². The molecule has 0 N–H and O–H groups in total. The molecule has 0 spiro atoms. The fourth-order valence-electron chi connectivity index (χ4n) is 1.25. The van der Waals surface area contributed by atoms with Crippen LogP contribution in [-0.4, -0.2) is 17.8 Å². The first-order valence-electron chi connectivity index (χ1n) is 3.64. The summed E-state index contributed by atoms with van der Waals surface area (Å²) in [6.07, 6.45) is 0.397. The molecule has 10 heavy (non-hydrogen) atoms. The first kappa shape index (κ1) is 8.28. The van der Waals surface area contributed by atoms with Crippen LogP contribution < -0.4 is 0 Å². The molecule has 3 atom stereocenters. The van der Waals surface area contributed by atoms with E-state index in [1.165, 1.54) is 0 Å². The van der Waals surface area contributed by atoms with Crippen LogP contribution in [0.15, 0.2) is 0 Å². The molecule has 0 aromatic rings. The maximum Gasteiger partial charge on any atom is 0.215 e. The fourth-order valence-corrected chi connectivity index (χ4v) is 1.67. The Kier molecular flexibility index (Phi) is 2.21. The molecule has 1 fully saturated rings. The fraction of sp³-hybridized carbons (Fsp3) is 1.00. The summed E-state index contributed by atoms with van der Waals surface area (Å²) in [5, 5.41) is -1.56. The maximum absolute atomic E-state index is 13.0. The van der Waals surface area contributed by atoms with Gasteiger partial charge in [0.2, 0.25) is 5.13 Å². The van der Waals surface area contributed by atoms with E-state index in [9.17, 15) is 4.39 Å². The first-order valence-corrected chi connectivity index (χ1v) is 4.01. The van der Waals surface area contributed by atoms with Crippen LogP contribution in [0.2, 0.25) is 0 Å². The summed E-state index contributed by atoms with van der Waals surface area (Å²) in [7, 11) is 0. The predicted molar refractivity (Wildman–Crippen MR) is 38.9 cm³/mol. The Hall–Kier alpha value is 0.180. The molecule has 1 nitrogen and oxygen atoms in total. The highest BCUT2D eigenvalue weighted by atomic mass is 35.5. The lowest BCUT2D eigenvalue weighted by molar-refractivity contribution is 0.101. The van der Waals surface area contributed by atoms with E-state index < -0.39 is 5.13 Å². The molecule has 1 saturated carbocycles. The van der Waals surface area contributed by atoms with Crippen LogP contribution in [0.3, 0.4) is 0 Å². The van der Waals surface area contributed by atoms with Crippen molar-refractivity contribution in [2.24, 2.45) is 5.92 Å². The van der Waals surface area contributed by atoms with Crippen molar-refractivity contribution in [2.45, 2.75) is 31.5 Å². The van der Waals surface area contributed by atoms with Gasteiger partial charge < -0.3 is 4.74 Å². The van der Waals surface area contributed by atoms with E-state index in [-0.39, 0.29) is 12.0 Å². The average Bonchev–Trinajstić information content (AvgIpc) is 2.36. The Balaban J connectivity index is 2.37. The van der Waals surface area contributed by atoms with Crippen molar-refractivity contribution in [3.63, 3.8) is 0 Å². The Morgan fingerprint density at radius 3 is 2.50 bits per heavy atom. The standard InChI is InChI=1S/C7H12ClFO/c1-3-5-6(10-4-2)7(5,8)9/h5-6H,3-4H2,1-2H3. The molecule has 0 aliphatic heterocycles. The first-order chi connectivity index (χ1) is 4.64. The summed E-state index contributed by atoms with van der Waals surface area (Å²) in [5.41, 5.74) is 0. The van der Waals surface area contributed by atoms with Gasteiger partial charge >= 0.3 is 0 Å². The van der Waals surface area contributed by atoms with Crippen LogP contribution in [0.1, 0.15) is 20.3 Å². The van der Waals surface area contributed by atoms with Crippen LogP contribution in [0, 0.1) is 5.92 Å². The molecule has 0 radical (unpaired) electrons. The maximum atomic E-state index is 13.0. The van der Waals surface area contributed by atoms with Crippen molar-refractivity contribution in [3.8, 4) is 0 Å². The Morgan fingerprint density at radius 1 is 1.60 bits per heavy atom. The number of alkyl halides is 2. The molecule has 0 aromatic carbocycles. The van der Waals surface area contributed by atoms with Crippen molar-refractivity contribution in [2.75, 3.05) is 6.61 Å². The van der Waals surface area contributed by atoms with Gasteiger partial charge in [-0.05, 0) is 13.3 Å². The third kappa shape index (κ3) is 1.15. The zero-order chi connectivity index (χ0) is 7.78. The normalized spacial score (nSPS) is 45.6. The number of hydrogen-bond donors (Lipinski definition) is 0. The number of halogens is 2. The number of hydrogen-bond acceptors (Lipinski definition) is 1. The molecule has 3 heteroatoms. The quantitative estimate of drug-likeness (QED) is 0.585. The second-order valence-corrected chi connectivity index (χ2v) is 3.14. The minimum Gasteiger partial charge on any atom is -0.373 e. The Morgan fingerprint density at radius 2 is 2.20 bits per heavy atom. The van der Waals surface area contributed by atoms with Crippen molar-refractivity contribution < 1.29 is 9.13 Å². The van der Waals surface area contributed by atoms with Crippen LogP contribution in [-0.2, 0) is 4.74 Å². The molecule has 60 valence electrons. The van der Waals surface area contributed by atoms with Crippen LogP contribution >= 0.6 is 11.6 Å². The average molecular weight is 167 g/mol. The lowest BCUT2D eigenvalue weighted by Gasteiger charge is -1.95. The summed E-state index contributed by atoms with van der Waals surface area (Å²) in [4.78, 5) is 0. The van der Waals surface area contributed by atoms with Gasteiger partial charge in [0.1, 0.15) is 6.10 Å². The molecule has 3 unspecified atom stereocenters. The second kappa shape index (κ2) is 2.67. The minimum absolute atomic E-state index is 0.0888. The topological polar surface area (TPSA) is 9.23 Å². The smallest absolute Gasteiger partial charge is 0.215 e. The molecular weight excluding hydrogens is 155 g/mol. The lowest BCUT2D eigenvalue weighted by atomic mass is 10.3. The Labute approximate surface area is 65.5 Å². The zero-order valence-electron chi connectivity index (χ0n) is 6.23. The molecule has 0 bridgehead atoms. The van der Waals surface area contributed by atoms with E-state index in [1.54, 1.807) is 0 Å². The van der Waals surface area contributed by atoms with E-state index in [0.717, 1.165) is 6.42 Å². The van der Waals surface area contributed by atoms with Gasteiger partial charge in [0.05, 0.1) is 0 Å². The molecule has 1 aliphatic rings. The van der Waals surface area contributed by atoms with E-state index >= 15 is 0 Å². The SMILES string of the molecule is CCOC1C(CC)C1(F)Cl. The monoisotopic (exact) mass is 166 g/mol. The largest absolute Gasteiger partial charge is 0.373 e. The Bertz CT molecular complexity index is 127. The van der Waals surface area contributed by atoms with Gasteiger partial charge in [-0.15, -0.1) is 0 Å².